The largest absolute Gasteiger partial charge is 0.508 e. The summed E-state index contributed by atoms with van der Waals surface area (Å²) in [4.78, 5) is 12.7. The van der Waals surface area contributed by atoms with Gasteiger partial charge >= 0.3 is 6.16 Å². The highest BCUT2D eigenvalue weighted by atomic mass is 32.2. The Bertz CT molecular complexity index is 934. The second-order valence-corrected chi connectivity index (χ2v) is 9.23. The van der Waals surface area contributed by atoms with Crippen LogP contribution in [-0.4, -0.2) is 48.6 Å². The van der Waals surface area contributed by atoms with Crippen LogP contribution in [0.3, 0.4) is 0 Å². The van der Waals surface area contributed by atoms with Crippen LogP contribution in [0.5, 0.6) is 0 Å². The number of aliphatic hydroxyl groups is 1. The van der Waals surface area contributed by atoms with Crippen molar-refractivity contribution in [3.8, 4) is 0 Å². The molecule has 7 heteroatoms. The van der Waals surface area contributed by atoms with Crippen LogP contribution < -0.4 is 0 Å². The molecule has 2 aliphatic heterocycles. The Balaban J connectivity index is 1.52. The van der Waals surface area contributed by atoms with E-state index in [4.69, 9.17) is 14.2 Å². The summed E-state index contributed by atoms with van der Waals surface area (Å²) >= 11 is 1.82. The van der Waals surface area contributed by atoms with E-state index in [2.05, 4.69) is 43.3 Å². The molecule has 0 amide bonds. The number of thioether (sulfide) groups is 1. The summed E-state index contributed by atoms with van der Waals surface area (Å²) in [5.74, 6) is 1.22. The first-order chi connectivity index (χ1) is 15.5. The van der Waals surface area contributed by atoms with Gasteiger partial charge in [-0.25, -0.2) is 9.18 Å². The lowest BCUT2D eigenvalue weighted by Crippen LogP contribution is -2.43. The van der Waals surface area contributed by atoms with Crippen LogP contribution in [0.4, 0.5) is 9.18 Å². The average molecular weight is 461 g/mol. The van der Waals surface area contributed by atoms with E-state index in [1.165, 1.54) is 21.6 Å². The highest BCUT2D eigenvalue weighted by Crippen LogP contribution is 2.45. The second kappa shape index (κ2) is 10.2. The van der Waals surface area contributed by atoms with Gasteiger partial charge in [-0.1, -0.05) is 43.3 Å². The first kappa shape index (κ1) is 23.1. The molecule has 0 bridgehead atoms. The van der Waals surface area contributed by atoms with Crippen LogP contribution in [-0.2, 0) is 20.6 Å². The van der Waals surface area contributed by atoms with Gasteiger partial charge < -0.3 is 19.3 Å². The van der Waals surface area contributed by atoms with Crippen molar-refractivity contribution in [2.45, 2.75) is 62.0 Å². The Morgan fingerprint density at radius 3 is 2.62 bits per heavy atom. The van der Waals surface area contributed by atoms with Crippen LogP contribution >= 0.6 is 11.8 Å². The number of hydrogen-bond acceptors (Lipinski definition) is 6. The monoisotopic (exact) mass is 460 g/mol. The maximum absolute atomic E-state index is 14.5. The third-order valence-electron chi connectivity index (χ3n) is 6.10. The molecule has 2 aromatic carbocycles. The number of carbonyl (C=O) groups is 1. The van der Waals surface area contributed by atoms with Crippen molar-refractivity contribution in [2.75, 3.05) is 19.0 Å². The molecule has 0 spiro atoms. The van der Waals surface area contributed by atoms with Crippen molar-refractivity contribution >= 4 is 17.9 Å². The minimum Gasteiger partial charge on any atom is -0.435 e. The van der Waals surface area contributed by atoms with E-state index in [0.717, 1.165) is 17.7 Å². The first-order valence-corrected chi connectivity index (χ1v) is 12.1. The minimum absolute atomic E-state index is 0.0741. The third kappa shape index (κ3) is 4.95. The Morgan fingerprint density at radius 1 is 1.16 bits per heavy atom. The van der Waals surface area contributed by atoms with Crippen molar-refractivity contribution in [3.05, 3.63) is 64.7 Å². The fourth-order valence-electron chi connectivity index (χ4n) is 4.30. The van der Waals surface area contributed by atoms with Crippen LogP contribution in [0.2, 0.25) is 0 Å². The molecule has 2 aliphatic rings. The predicted molar refractivity (Wildman–Crippen MR) is 121 cm³/mol. The van der Waals surface area contributed by atoms with E-state index in [0.29, 0.717) is 0 Å². The smallest absolute Gasteiger partial charge is 0.435 e. The summed E-state index contributed by atoms with van der Waals surface area (Å²) in [7, 11) is 0. The van der Waals surface area contributed by atoms with Crippen molar-refractivity contribution in [3.63, 3.8) is 0 Å². The Morgan fingerprint density at radius 2 is 1.91 bits per heavy atom. The van der Waals surface area contributed by atoms with Crippen molar-refractivity contribution in [1.82, 2.24) is 0 Å². The molecule has 4 unspecified atom stereocenters. The number of rotatable bonds is 6. The van der Waals surface area contributed by atoms with Gasteiger partial charge in [0.05, 0.1) is 12.7 Å². The summed E-state index contributed by atoms with van der Waals surface area (Å²) in [6.45, 7) is 3.74. The Labute approximate surface area is 192 Å². The predicted octanol–water partition coefficient (Wildman–Crippen LogP) is 5.19. The molecule has 0 radical (unpaired) electrons. The van der Waals surface area contributed by atoms with Gasteiger partial charge in [-0.05, 0) is 41.7 Å². The molecule has 172 valence electrons. The van der Waals surface area contributed by atoms with Crippen LogP contribution in [0, 0.1) is 0 Å². The zero-order chi connectivity index (χ0) is 22.7. The average Bonchev–Trinajstić information content (AvgIpc) is 3.22. The van der Waals surface area contributed by atoms with Crippen molar-refractivity contribution < 1.29 is 28.5 Å². The summed E-state index contributed by atoms with van der Waals surface area (Å²) in [6, 6.07) is 14.8. The first-order valence-electron chi connectivity index (χ1n) is 11.1. The quantitative estimate of drug-likeness (QED) is 0.599. The molecule has 4 rings (SSSR count). The maximum Gasteiger partial charge on any atom is 0.508 e. The fraction of sp³-hybridized carbons (Fsp3) is 0.480. The molecule has 0 aromatic heterocycles. The minimum atomic E-state index is -1.43. The summed E-state index contributed by atoms with van der Waals surface area (Å²) in [5, 5.41) is 10.6. The molecule has 0 aliphatic carbocycles. The molecule has 2 aromatic rings. The molecule has 1 saturated heterocycles. The van der Waals surface area contributed by atoms with Gasteiger partial charge in [0.15, 0.2) is 0 Å². The van der Waals surface area contributed by atoms with E-state index in [9.17, 15) is 14.3 Å². The summed E-state index contributed by atoms with van der Waals surface area (Å²) in [6.07, 6.45) is -3.95. The van der Waals surface area contributed by atoms with Crippen LogP contribution in [0.1, 0.15) is 54.5 Å². The summed E-state index contributed by atoms with van der Waals surface area (Å²) < 4.78 is 30.1. The van der Waals surface area contributed by atoms with Crippen molar-refractivity contribution in [2.24, 2.45) is 0 Å². The molecular formula is C25H29FO5S. The zero-order valence-electron chi connectivity index (χ0n) is 18.3. The number of ether oxygens (including phenoxy) is 3. The zero-order valence-corrected chi connectivity index (χ0v) is 19.1. The van der Waals surface area contributed by atoms with E-state index < -0.39 is 30.6 Å². The lowest BCUT2D eigenvalue weighted by Gasteiger charge is -2.36. The number of halogens is 1. The van der Waals surface area contributed by atoms with E-state index >= 15 is 0 Å². The van der Waals surface area contributed by atoms with Gasteiger partial charge in [-0.2, -0.15) is 0 Å². The SMILES string of the molecule is CCOC(=O)OCC1OC(c2ccc3c(c2)[C@H](c2ccc(CC)cc2)CS3)C(O)CC1F. The molecule has 2 heterocycles. The highest BCUT2D eigenvalue weighted by Gasteiger charge is 2.39. The number of alkyl halides is 1. The van der Waals surface area contributed by atoms with E-state index in [1.807, 2.05) is 17.8 Å². The molecule has 5 atom stereocenters. The number of aliphatic hydroxyl groups excluding tert-OH is 1. The normalized spacial score (nSPS) is 27.1. The topological polar surface area (TPSA) is 65.0 Å². The van der Waals surface area contributed by atoms with Gasteiger partial charge in [0.2, 0.25) is 0 Å². The van der Waals surface area contributed by atoms with Crippen LogP contribution in [0.25, 0.3) is 0 Å². The number of carbonyl (C=O) groups excluding carboxylic acids is 1. The van der Waals surface area contributed by atoms with Gasteiger partial charge in [0.25, 0.3) is 0 Å². The molecule has 1 fully saturated rings. The van der Waals surface area contributed by atoms with E-state index in [1.54, 1.807) is 6.92 Å². The maximum atomic E-state index is 14.5. The number of hydrogen-bond donors (Lipinski definition) is 1. The fourth-order valence-corrected chi connectivity index (χ4v) is 5.55. The molecule has 32 heavy (non-hydrogen) atoms. The Hall–Kier alpha value is -2.09. The second-order valence-electron chi connectivity index (χ2n) is 8.16. The van der Waals surface area contributed by atoms with Crippen LogP contribution in [0.15, 0.2) is 47.4 Å². The van der Waals surface area contributed by atoms with Gasteiger partial charge in [-0.15, -0.1) is 11.8 Å². The van der Waals surface area contributed by atoms with Crippen molar-refractivity contribution in [1.29, 1.82) is 0 Å². The molecule has 5 nitrogen and oxygen atoms in total. The molecule has 0 saturated carbocycles. The number of aryl methyl sites for hydroxylation is 1. The van der Waals surface area contributed by atoms with Gasteiger partial charge in [-0.3, -0.25) is 0 Å². The Kier molecular flexibility index (Phi) is 7.38. The van der Waals surface area contributed by atoms with Gasteiger partial charge in [0.1, 0.15) is 25.0 Å². The highest BCUT2D eigenvalue weighted by molar-refractivity contribution is 7.99. The molecular weight excluding hydrogens is 431 g/mol. The lowest BCUT2D eigenvalue weighted by atomic mass is 9.88. The number of fused-ring (bicyclic) bond motifs is 1. The van der Waals surface area contributed by atoms with E-state index in [-0.39, 0.29) is 25.6 Å². The number of benzene rings is 2. The lowest BCUT2D eigenvalue weighted by molar-refractivity contribution is -0.166. The standard InChI is InChI=1S/C25H29FO5S/c1-3-15-5-7-16(8-6-15)19-14-32-23-10-9-17(11-18(19)23)24-21(27)12-20(26)22(31-24)13-30-25(28)29-4-2/h5-11,19-22,24,27H,3-4,12-14H2,1-2H3/t19-,20?,21?,22?,24?/m0/s1. The van der Waals surface area contributed by atoms with Gasteiger partial charge in [0, 0.05) is 23.0 Å². The molecule has 1 N–H and O–H groups in total. The summed E-state index contributed by atoms with van der Waals surface area (Å²) in [5.41, 5.74) is 4.58. The third-order valence-corrected chi connectivity index (χ3v) is 7.29.